The second kappa shape index (κ2) is 4.83. The van der Waals surface area contributed by atoms with Crippen molar-refractivity contribution in [3.8, 4) is 6.07 Å². The highest BCUT2D eigenvalue weighted by Gasteiger charge is 2.16. The average Bonchev–Trinajstić information content (AvgIpc) is 2.83. The Morgan fingerprint density at radius 1 is 1.28 bits per heavy atom. The third-order valence-corrected chi connectivity index (χ3v) is 3.70. The van der Waals surface area contributed by atoms with E-state index in [4.69, 9.17) is 4.74 Å². The molecule has 0 spiro atoms. The van der Waals surface area contributed by atoms with Crippen molar-refractivity contribution >= 4 is 10.9 Å². The molecular formula is C15H16N2O. The van der Waals surface area contributed by atoms with Crippen molar-refractivity contribution < 1.29 is 4.74 Å². The zero-order valence-corrected chi connectivity index (χ0v) is 10.3. The number of nitrogens with zero attached hydrogens (tertiary/aromatic N) is 2. The van der Waals surface area contributed by atoms with E-state index in [1.807, 2.05) is 12.1 Å². The van der Waals surface area contributed by atoms with Gasteiger partial charge in [0.25, 0.3) is 0 Å². The number of aromatic nitrogens is 1. The first-order valence-electron chi connectivity index (χ1n) is 6.44. The Morgan fingerprint density at radius 3 is 2.89 bits per heavy atom. The molecule has 3 heteroatoms. The fourth-order valence-electron chi connectivity index (χ4n) is 2.71. The van der Waals surface area contributed by atoms with Gasteiger partial charge in [-0.3, -0.25) is 0 Å². The van der Waals surface area contributed by atoms with Crippen molar-refractivity contribution in [1.29, 1.82) is 5.26 Å². The first kappa shape index (κ1) is 11.3. The first-order chi connectivity index (χ1) is 8.88. The summed E-state index contributed by atoms with van der Waals surface area (Å²) < 4.78 is 7.62. The van der Waals surface area contributed by atoms with Crippen LogP contribution >= 0.6 is 0 Å². The molecule has 0 amide bonds. The lowest BCUT2D eigenvalue weighted by Crippen LogP contribution is -2.20. The molecule has 0 N–H and O–H groups in total. The van der Waals surface area contributed by atoms with E-state index in [0.29, 0.717) is 5.92 Å². The van der Waals surface area contributed by atoms with Crippen molar-refractivity contribution in [3.05, 3.63) is 36.0 Å². The molecule has 0 bridgehead atoms. The van der Waals surface area contributed by atoms with Crippen molar-refractivity contribution in [2.24, 2.45) is 5.92 Å². The summed E-state index contributed by atoms with van der Waals surface area (Å²) in [7, 11) is 0. The van der Waals surface area contributed by atoms with Gasteiger partial charge in [0.05, 0.1) is 11.1 Å². The maximum atomic E-state index is 9.20. The maximum Gasteiger partial charge on any atom is 0.101 e. The van der Waals surface area contributed by atoms with Gasteiger partial charge in [0, 0.05) is 31.3 Å². The fraction of sp³-hybridized carbons (Fsp3) is 0.400. The normalized spacial score (nSPS) is 16.8. The van der Waals surface area contributed by atoms with Crippen LogP contribution in [-0.2, 0) is 11.3 Å². The summed E-state index contributed by atoms with van der Waals surface area (Å²) >= 11 is 0. The number of para-hydroxylation sites is 1. The van der Waals surface area contributed by atoms with E-state index in [0.717, 1.165) is 49.1 Å². The van der Waals surface area contributed by atoms with Crippen LogP contribution < -0.4 is 0 Å². The molecule has 18 heavy (non-hydrogen) atoms. The van der Waals surface area contributed by atoms with Crippen LogP contribution in [0.2, 0.25) is 0 Å². The minimum Gasteiger partial charge on any atom is -0.381 e. The summed E-state index contributed by atoms with van der Waals surface area (Å²) in [5, 5.41) is 10.4. The molecule has 0 atom stereocenters. The van der Waals surface area contributed by atoms with E-state index in [1.165, 1.54) is 0 Å². The molecule has 2 aromatic rings. The minimum atomic E-state index is 0.668. The highest BCUT2D eigenvalue weighted by Crippen LogP contribution is 2.23. The Bertz CT molecular complexity index is 588. The Hall–Kier alpha value is -1.79. The number of benzene rings is 1. The number of fused-ring (bicyclic) bond motifs is 1. The zero-order valence-electron chi connectivity index (χ0n) is 10.3. The van der Waals surface area contributed by atoms with Crippen LogP contribution in [0.15, 0.2) is 30.5 Å². The third kappa shape index (κ3) is 2.00. The van der Waals surface area contributed by atoms with Gasteiger partial charge >= 0.3 is 0 Å². The molecule has 1 saturated heterocycles. The molecule has 3 nitrogen and oxygen atoms in total. The molecule has 1 aromatic heterocycles. The average molecular weight is 240 g/mol. The number of rotatable bonds is 2. The molecule has 92 valence electrons. The molecule has 1 aliphatic rings. The van der Waals surface area contributed by atoms with Gasteiger partial charge in [-0.25, -0.2) is 0 Å². The minimum absolute atomic E-state index is 0.668. The van der Waals surface area contributed by atoms with Crippen molar-refractivity contribution in [2.75, 3.05) is 13.2 Å². The summed E-state index contributed by atoms with van der Waals surface area (Å²) in [6.45, 7) is 2.73. The lowest BCUT2D eigenvalue weighted by atomic mass is 10.0. The SMILES string of the molecule is N#Cc1cccc2ccn(CC3CCOCC3)c12. The van der Waals surface area contributed by atoms with Gasteiger partial charge in [-0.1, -0.05) is 12.1 Å². The quantitative estimate of drug-likeness (QED) is 0.809. The van der Waals surface area contributed by atoms with Gasteiger partial charge in [0.15, 0.2) is 0 Å². The van der Waals surface area contributed by atoms with Crippen molar-refractivity contribution in [1.82, 2.24) is 4.57 Å². The summed E-state index contributed by atoms with van der Waals surface area (Å²) in [6.07, 6.45) is 4.34. The second-order valence-electron chi connectivity index (χ2n) is 4.88. The molecule has 1 fully saturated rings. The molecule has 2 heterocycles. The monoisotopic (exact) mass is 240 g/mol. The Kier molecular flexibility index (Phi) is 3.04. The number of hydrogen-bond acceptors (Lipinski definition) is 2. The Labute approximate surface area is 107 Å². The molecule has 1 aromatic carbocycles. The number of nitriles is 1. The zero-order chi connectivity index (χ0) is 12.4. The smallest absolute Gasteiger partial charge is 0.101 e. The molecular weight excluding hydrogens is 224 g/mol. The van der Waals surface area contributed by atoms with E-state index in [2.05, 4.69) is 29.0 Å². The van der Waals surface area contributed by atoms with Gasteiger partial charge in [0.1, 0.15) is 6.07 Å². The molecule has 0 radical (unpaired) electrons. The fourth-order valence-corrected chi connectivity index (χ4v) is 2.71. The summed E-state index contributed by atoms with van der Waals surface area (Å²) in [4.78, 5) is 0. The van der Waals surface area contributed by atoms with E-state index in [9.17, 15) is 5.26 Å². The summed E-state index contributed by atoms with van der Waals surface area (Å²) in [6, 6.07) is 10.3. The van der Waals surface area contributed by atoms with Gasteiger partial charge < -0.3 is 9.30 Å². The van der Waals surface area contributed by atoms with Crippen LogP contribution in [0.25, 0.3) is 10.9 Å². The van der Waals surface area contributed by atoms with Crippen LogP contribution in [0.4, 0.5) is 0 Å². The molecule has 1 aliphatic heterocycles. The predicted molar refractivity (Wildman–Crippen MR) is 70.2 cm³/mol. The van der Waals surface area contributed by atoms with Crippen LogP contribution in [0.3, 0.4) is 0 Å². The Balaban J connectivity index is 1.94. The van der Waals surface area contributed by atoms with Gasteiger partial charge in [0.2, 0.25) is 0 Å². The van der Waals surface area contributed by atoms with Crippen LogP contribution in [0, 0.1) is 17.2 Å². The molecule has 0 unspecified atom stereocenters. The standard InChI is InChI=1S/C15H16N2O/c16-10-14-3-1-2-13-4-7-17(15(13)14)11-12-5-8-18-9-6-12/h1-4,7,12H,5-6,8-9,11H2. The third-order valence-electron chi connectivity index (χ3n) is 3.70. The van der Waals surface area contributed by atoms with E-state index in [-0.39, 0.29) is 0 Å². The summed E-state index contributed by atoms with van der Waals surface area (Å²) in [5.41, 5.74) is 1.84. The van der Waals surface area contributed by atoms with E-state index in [1.54, 1.807) is 0 Å². The van der Waals surface area contributed by atoms with Gasteiger partial charge in [-0.05, 0) is 30.9 Å². The highest BCUT2D eigenvalue weighted by atomic mass is 16.5. The van der Waals surface area contributed by atoms with E-state index >= 15 is 0 Å². The Morgan fingerprint density at radius 2 is 2.11 bits per heavy atom. The van der Waals surface area contributed by atoms with Crippen LogP contribution in [0.1, 0.15) is 18.4 Å². The lowest BCUT2D eigenvalue weighted by Gasteiger charge is -2.23. The number of hydrogen-bond donors (Lipinski definition) is 0. The van der Waals surface area contributed by atoms with E-state index < -0.39 is 0 Å². The molecule has 0 aliphatic carbocycles. The first-order valence-corrected chi connectivity index (χ1v) is 6.44. The largest absolute Gasteiger partial charge is 0.381 e. The molecule has 0 saturated carbocycles. The molecule has 3 rings (SSSR count). The van der Waals surface area contributed by atoms with Crippen molar-refractivity contribution in [2.45, 2.75) is 19.4 Å². The highest BCUT2D eigenvalue weighted by molar-refractivity contribution is 5.85. The maximum absolute atomic E-state index is 9.20. The van der Waals surface area contributed by atoms with Crippen LogP contribution in [0.5, 0.6) is 0 Å². The van der Waals surface area contributed by atoms with Gasteiger partial charge in [-0.2, -0.15) is 5.26 Å². The number of ether oxygens (including phenoxy) is 1. The topological polar surface area (TPSA) is 38.0 Å². The van der Waals surface area contributed by atoms with Crippen LogP contribution in [-0.4, -0.2) is 17.8 Å². The second-order valence-corrected chi connectivity index (χ2v) is 4.88. The predicted octanol–water partition coefficient (Wildman–Crippen LogP) is 2.94. The summed E-state index contributed by atoms with van der Waals surface area (Å²) in [5.74, 6) is 0.668. The van der Waals surface area contributed by atoms with Crippen molar-refractivity contribution in [3.63, 3.8) is 0 Å². The lowest BCUT2D eigenvalue weighted by molar-refractivity contribution is 0.0616. The van der Waals surface area contributed by atoms with Gasteiger partial charge in [-0.15, -0.1) is 0 Å².